The molecule has 5 aliphatic heterocycles. The van der Waals surface area contributed by atoms with Crippen LogP contribution in [-0.2, 0) is 30.3 Å². The first kappa shape index (κ1) is 42.7. The fraction of sp³-hybridized carbons (Fsp3) is 0.386. The number of thioether (sulfide) groups is 1. The maximum absolute atomic E-state index is 13.8. The van der Waals surface area contributed by atoms with Gasteiger partial charge < -0.3 is 33.7 Å². The van der Waals surface area contributed by atoms with E-state index in [1.165, 1.54) is 20.1 Å². The first-order valence-electron chi connectivity index (χ1n) is 19.7. The van der Waals surface area contributed by atoms with Crippen LogP contribution in [0.1, 0.15) is 63.2 Å². The van der Waals surface area contributed by atoms with Crippen LogP contribution in [0.2, 0.25) is 0 Å². The molecule has 5 heterocycles. The van der Waals surface area contributed by atoms with E-state index in [1.807, 2.05) is 48.2 Å². The predicted molar refractivity (Wildman–Crippen MR) is 217 cm³/mol. The Balaban J connectivity index is 1.39. The summed E-state index contributed by atoms with van der Waals surface area (Å²) in [5.41, 5.74) is 3.94. The van der Waals surface area contributed by atoms with Gasteiger partial charge in [-0.1, -0.05) is 42.5 Å². The Morgan fingerprint density at radius 1 is 1.05 bits per heavy atom. The van der Waals surface area contributed by atoms with Crippen LogP contribution in [0.3, 0.4) is 0 Å². The van der Waals surface area contributed by atoms with Crippen LogP contribution < -0.4 is 29.0 Å². The molecule has 0 aliphatic carbocycles. The molecule has 3 aromatic rings. The van der Waals surface area contributed by atoms with Gasteiger partial charge in [-0.3, -0.25) is 19.4 Å². The number of alkyl halides is 3. The zero-order valence-corrected chi connectivity index (χ0v) is 34.8. The minimum Gasteiger partial charge on any atom is -0.493 e. The highest BCUT2D eigenvalue weighted by Gasteiger charge is 2.61. The number of halogens is 3. The highest BCUT2D eigenvalue weighted by Crippen LogP contribution is 2.64. The lowest BCUT2D eigenvalue weighted by Gasteiger charge is -2.62. The number of hydrogen-bond acceptors (Lipinski definition) is 14. The highest BCUT2D eigenvalue weighted by atomic mass is 32.2. The van der Waals surface area contributed by atoms with Crippen LogP contribution in [0.15, 0.2) is 55.1 Å². The first-order chi connectivity index (χ1) is 29.7. The lowest BCUT2D eigenvalue weighted by atomic mass is 9.71. The van der Waals surface area contributed by atoms with Gasteiger partial charge in [0.05, 0.1) is 30.5 Å². The zero-order valence-electron chi connectivity index (χ0n) is 33.9. The number of nitriles is 1. The molecule has 2 saturated heterocycles. The van der Waals surface area contributed by atoms with Gasteiger partial charge in [0.1, 0.15) is 24.4 Å². The van der Waals surface area contributed by atoms with Crippen LogP contribution in [0.4, 0.5) is 13.2 Å². The van der Waals surface area contributed by atoms with Gasteiger partial charge in [-0.25, -0.2) is 9.59 Å². The summed E-state index contributed by atoms with van der Waals surface area (Å²) < 4.78 is 77.0. The Kier molecular flexibility index (Phi) is 11.5. The van der Waals surface area contributed by atoms with Crippen LogP contribution in [0.5, 0.6) is 28.7 Å². The summed E-state index contributed by atoms with van der Waals surface area (Å²) in [6, 6.07) is 7.69. The van der Waals surface area contributed by atoms with Gasteiger partial charge in [0.25, 0.3) is 0 Å². The third-order valence-corrected chi connectivity index (χ3v) is 13.2. The molecule has 4 unspecified atom stereocenters. The van der Waals surface area contributed by atoms with Crippen LogP contribution >= 0.6 is 11.8 Å². The molecule has 4 bridgehead atoms. The summed E-state index contributed by atoms with van der Waals surface area (Å²) in [4.78, 5) is 56.8. The molecule has 62 heavy (non-hydrogen) atoms. The summed E-state index contributed by atoms with van der Waals surface area (Å²) in [6.45, 7) is 8.26. The Morgan fingerprint density at radius 3 is 2.47 bits per heavy atom. The Hall–Kier alpha value is -6.03. The van der Waals surface area contributed by atoms with Crippen molar-refractivity contribution < 1.29 is 60.8 Å². The lowest BCUT2D eigenvalue weighted by molar-refractivity contribution is -0.176. The molecule has 0 saturated carbocycles. The summed E-state index contributed by atoms with van der Waals surface area (Å²) in [6.07, 6.45) is -0.414. The second-order valence-corrected chi connectivity index (χ2v) is 16.5. The number of fused-ring (bicyclic) bond motifs is 9. The van der Waals surface area contributed by atoms with E-state index in [1.54, 1.807) is 24.4 Å². The number of nitrogens with zero attached hydrogens (tertiary/aromatic N) is 3. The normalized spacial score (nSPS) is 25.1. The highest BCUT2D eigenvalue weighted by molar-refractivity contribution is 7.99. The van der Waals surface area contributed by atoms with E-state index in [-0.39, 0.29) is 42.1 Å². The lowest BCUT2D eigenvalue weighted by Crippen LogP contribution is -2.70. The van der Waals surface area contributed by atoms with Crippen molar-refractivity contribution in [3.8, 4) is 34.8 Å². The second kappa shape index (κ2) is 16.7. The number of benzene rings is 3. The van der Waals surface area contributed by atoms with Crippen molar-refractivity contribution in [2.24, 2.45) is 0 Å². The number of cyclic esters (lactones) is 1. The fourth-order valence-electron chi connectivity index (χ4n) is 9.50. The Morgan fingerprint density at radius 2 is 1.79 bits per heavy atom. The number of ether oxygens (including phenoxy) is 6. The zero-order chi connectivity index (χ0) is 44.2. The molecular weight excluding hydrogens is 834 g/mol. The van der Waals surface area contributed by atoms with Crippen molar-refractivity contribution in [3.05, 3.63) is 94.1 Å². The molecule has 1 N–H and O–H groups in total. The average molecular weight is 875 g/mol. The fourth-order valence-corrected chi connectivity index (χ4v) is 11.0. The molecule has 324 valence electrons. The van der Waals surface area contributed by atoms with Crippen molar-refractivity contribution in [1.29, 1.82) is 5.26 Å². The molecule has 0 radical (unpaired) electrons. The SMILES string of the molecule is C=CCN1C2c3c(cc(C)c(OC)c3OC(=O)/C=C/c3ccccc3)CC1[C@H](C#N)N1C2[C@@H]2SCC(NC(=O)C(F)(F)F)C(=O)OC[C@@H]1c1c3c(c(C)c(OC(C)=O)c12)OCO3. The van der Waals surface area contributed by atoms with Gasteiger partial charge in [-0.15, -0.1) is 18.3 Å². The molecule has 0 spiro atoms. The van der Waals surface area contributed by atoms with Crippen molar-refractivity contribution in [2.45, 2.75) is 74.9 Å². The summed E-state index contributed by atoms with van der Waals surface area (Å²) in [7, 11) is 1.45. The van der Waals surface area contributed by atoms with Crippen LogP contribution in [0, 0.1) is 25.2 Å². The largest absolute Gasteiger partial charge is 0.493 e. The third-order valence-electron chi connectivity index (χ3n) is 11.8. The third kappa shape index (κ3) is 7.31. The van der Waals surface area contributed by atoms with Crippen molar-refractivity contribution in [2.75, 3.05) is 32.8 Å². The number of piperazine rings is 1. The number of carbonyl (C=O) groups is 4. The molecule has 7 atom stereocenters. The second-order valence-electron chi connectivity index (χ2n) is 15.4. The van der Waals surface area contributed by atoms with E-state index in [9.17, 15) is 37.6 Å². The van der Waals surface area contributed by atoms with E-state index >= 15 is 0 Å². The molecule has 18 heteroatoms. The maximum atomic E-state index is 13.8. The Bertz CT molecular complexity index is 2440. The molecule has 8 rings (SSSR count). The molecule has 5 aliphatic rings. The van der Waals surface area contributed by atoms with Crippen molar-refractivity contribution in [3.63, 3.8) is 0 Å². The Labute approximate surface area is 358 Å². The molecule has 0 aromatic heterocycles. The monoisotopic (exact) mass is 874 g/mol. The van der Waals surface area contributed by atoms with E-state index in [0.29, 0.717) is 34.2 Å². The molecule has 14 nitrogen and oxygen atoms in total. The quantitative estimate of drug-likeness (QED) is 0.126. The standard InChI is InChI=1S/C44H41F3N4O10S/c1-6-14-50-27-16-25-15-21(2)36(56-5)40(61-30(53)13-12-24-10-8-7-9-11-24)31(25)34(50)35-41-33-32(39-38(58-20-59-39)22(3)37(33)60-23(4)52)29(51(35)28(27)17-48)18-57-42(54)26(19-62-41)49-43(55)44(45,46)47/h6-13,15,26-29,34-35,41H,1,14,16,18-20H2,2-5H3,(H,49,55)/b13-12+/t26?,27?,28-,29+,34?,35?,41+/m0/s1. The topological polar surface area (TPSA) is 166 Å². The van der Waals surface area contributed by atoms with Crippen molar-refractivity contribution >= 4 is 41.7 Å². The van der Waals surface area contributed by atoms with E-state index in [2.05, 4.69) is 17.5 Å². The molecule has 3 aromatic carbocycles. The number of nitrogens with one attached hydrogen (secondary N) is 1. The number of amides is 1. The minimum absolute atomic E-state index is 0.0998. The summed E-state index contributed by atoms with van der Waals surface area (Å²) >= 11 is 1.01. The number of methoxy groups -OCH3 is 1. The summed E-state index contributed by atoms with van der Waals surface area (Å²) in [5.74, 6) is -4.24. The predicted octanol–water partition coefficient (Wildman–Crippen LogP) is 5.75. The minimum atomic E-state index is -5.31. The number of esters is 3. The van der Waals surface area contributed by atoms with Crippen LogP contribution in [0.25, 0.3) is 6.08 Å². The smallest absolute Gasteiger partial charge is 0.471 e. The van der Waals surface area contributed by atoms with Gasteiger partial charge >= 0.3 is 30.0 Å². The maximum Gasteiger partial charge on any atom is 0.471 e. The molecule has 1 amide bonds. The van der Waals surface area contributed by atoms with Gasteiger partial charge in [-0.2, -0.15) is 18.4 Å². The van der Waals surface area contributed by atoms with Gasteiger partial charge in [0.15, 0.2) is 23.0 Å². The summed E-state index contributed by atoms with van der Waals surface area (Å²) in [5, 5.41) is 12.1. The number of hydrogen-bond donors (Lipinski definition) is 1. The van der Waals surface area contributed by atoms with E-state index < -0.39 is 83.9 Å². The van der Waals surface area contributed by atoms with Crippen LogP contribution in [-0.4, -0.2) is 96.8 Å². The van der Waals surface area contributed by atoms with E-state index in [4.69, 9.17) is 28.4 Å². The average Bonchev–Trinajstić information content (AvgIpc) is 3.73. The first-order valence-corrected chi connectivity index (χ1v) is 20.7. The number of carbonyl (C=O) groups excluding carboxylic acids is 4. The van der Waals surface area contributed by atoms with Gasteiger partial charge in [0, 0.05) is 59.6 Å². The van der Waals surface area contributed by atoms with Crippen molar-refractivity contribution in [1.82, 2.24) is 15.1 Å². The molecular formula is C44H41F3N4O10S. The number of rotatable bonds is 8. The van der Waals surface area contributed by atoms with Gasteiger partial charge in [-0.05, 0) is 43.0 Å². The van der Waals surface area contributed by atoms with Gasteiger partial charge in [0.2, 0.25) is 6.79 Å². The number of aryl methyl sites for hydroxylation is 1. The van der Waals surface area contributed by atoms with E-state index in [0.717, 1.165) is 22.9 Å². The molecule has 2 fully saturated rings.